The second kappa shape index (κ2) is 10.3. The van der Waals surface area contributed by atoms with Gasteiger partial charge >= 0.3 is 0 Å². The SMILES string of the molecule is CC(C)CCC[C@@H](C)[C@H]1CCC2C3CCC4CC(OCCCN)CC[C@]4(C)C3CC[C@@]21C. The molecule has 9 atom stereocenters. The number of hydrogen-bond acceptors (Lipinski definition) is 2. The van der Waals surface area contributed by atoms with Gasteiger partial charge in [0.15, 0.2) is 0 Å². The van der Waals surface area contributed by atoms with Gasteiger partial charge in [-0.1, -0.05) is 53.9 Å². The Bertz CT molecular complexity index is 604. The smallest absolute Gasteiger partial charge is 0.0578 e. The van der Waals surface area contributed by atoms with Crippen molar-refractivity contribution in [2.24, 2.45) is 58.0 Å². The monoisotopic (exact) mass is 445 g/mol. The summed E-state index contributed by atoms with van der Waals surface area (Å²) >= 11 is 0. The van der Waals surface area contributed by atoms with E-state index in [4.69, 9.17) is 10.5 Å². The Hall–Kier alpha value is -0.0800. The molecule has 0 aliphatic heterocycles. The quantitative estimate of drug-likeness (QED) is 0.367. The van der Waals surface area contributed by atoms with Gasteiger partial charge in [0, 0.05) is 6.61 Å². The molecule has 0 spiro atoms. The first-order valence-corrected chi connectivity index (χ1v) is 14.6. The van der Waals surface area contributed by atoms with Crippen LogP contribution in [0.3, 0.4) is 0 Å². The molecule has 2 heteroatoms. The Morgan fingerprint density at radius 1 is 0.844 bits per heavy atom. The van der Waals surface area contributed by atoms with Crippen LogP contribution < -0.4 is 5.73 Å². The molecule has 0 heterocycles. The van der Waals surface area contributed by atoms with Gasteiger partial charge in [-0.25, -0.2) is 0 Å². The normalized spacial score (nSPS) is 44.7. The van der Waals surface area contributed by atoms with Crippen molar-refractivity contribution in [3.63, 3.8) is 0 Å². The van der Waals surface area contributed by atoms with E-state index in [9.17, 15) is 0 Å². The van der Waals surface area contributed by atoms with Crippen LogP contribution in [-0.4, -0.2) is 19.3 Å². The molecule has 0 bridgehead atoms. The van der Waals surface area contributed by atoms with Gasteiger partial charge in [-0.05, 0) is 123 Å². The van der Waals surface area contributed by atoms with Crippen LogP contribution in [0.1, 0.15) is 118 Å². The average molecular weight is 446 g/mol. The van der Waals surface area contributed by atoms with Gasteiger partial charge in [-0.2, -0.15) is 0 Å². The summed E-state index contributed by atoms with van der Waals surface area (Å²) in [5.41, 5.74) is 6.89. The van der Waals surface area contributed by atoms with Gasteiger partial charge < -0.3 is 10.5 Å². The number of ether oxygens (including phenoxy) is 1. The Morgan fingerprint density at radius 2 is 1.59 bits per heavy atom. The summed E-state index contributed by atoms with van der Waals surface area (Å²) in [4.78, 5) is 0. The molecule has 0 aromatic carbocycles. The van der Waals surface area contributed by atoms with Gasteiger partial charge in [-0.15, -0.1) is 0 Å². The van der Waals surface area contributed by atoms with Crippen molar-refractivity contribution in [1.82, 2.24) is 0 Å². The highest BCUT2D eigenvalue weighted by molar-refractivity contribution is 5.09. The van der Waals surface area contributed by atoms with Crippen LogP contribution in [0.5, 0.6) is 0 Å². The highest BCUT2D eigenvalue weighted by atomic mass is 16.5. The summed E-state index contributed by atoms with van der Waals surface area (Å²) < 4.78 is 6.25. The van der Waals surface area contributed by atoms with E-state index in [1.807, 2.05) is 0 Å². The highest BCUT2D eigenvalue weighted by Gasteiger charge is 2.60. The first-order valence-electron chi connectivity index (χ1n) is 14.6. The van der Waals surface area contributed by atoms with Crippen LogP contribution in [0.25, 0.3) is 0 Å². The maximum absolute atomic E-state index is 6.25. The average Bonchev–Trinajstić information content (AvgIpc) is 3.11. The Balaban J connectivity index is 1.39. The summed E-state index contributed by atoms with van der Waals surface area (Å²) in [6.07, 6.45) is 18.9. The fraction of sp³-hybridized carbons (Fsp3) is 1.00. The molecule has 32 heavy (non-hydrogen) atoms. The molecule has 0 aromatic rings. The van der Waals surface area contributed by atoms with Gasteiger partial charge in [-0.3, -0.25) is 0 Å². The first-order chi connectivity index (χ1) is 15.3. The topological polar surface area (TPSA) is 35.2 Å². The van der Waals surface area contributed by atoms with Crippen LogP contribution in [-0.2, 0) is 4.74 Å². The maximum atomic E-state index is 6.25. The molecule has 4 rings (SSSR count). The van der Waals surface area contributed by atoms with Gasteiger partial charge in [0.1, 0.15) is 0 Å². The molecule has 2 N–H and O–H groups in total. The summed E-state index contributed by atoms with van der Waals surface area (Å²) in [7, 11) is 0. The Labute approximate surface area is 200 Å². The second-order valence-corrected chi connectivity index (χ2v) is 13.6. The van der Waals surface area contributed by atoms with Crippen molar-refractivity contribution in [2.45, 2.75) is 124 Å². The van der Waals surface area contributed by atoms with Crippen molar-refractivity contribution in [2.75, 3.05) is 13.2 Å². The molecule has 4 aliphatic carbocycles. The van der Waals surface area contributed by atoms with Crippen LogP contribution >= 0.6 is 0 Å². The minimum absolute atomic E-state index is 0.507. The molecule has 0 amide bonds. The Morgan fingerprint density at radius 3 is 2.34 bits per heavy atom. The fourth-order valence-corrected chi connectivity index (χ4v) is 9.73. The van der Waals surface area contributed by atoms with Crippen LogP contribution in [0.4, 0.5) is 0 Å². The van der Waals surface area contributed by atoms with E-state index in [2.05, 4.69) is 34.6 Å². The highest BCUT2D eigenvalue weighted by Crippen LogP contribution is 2.68. The maximum Gasteiger partial charge on any atom is 0.0578 e. The lowest BCUT2D eigenvalue weighted by molar-refractivity contribution is -0.136. The Kier molecular flexibility index (Phi) is 8.03. The standard InChI is InChI=1S/C30H55NO/c1-21(2)8-6-9-22(3)26-12-13-27-25-11-10-23-20-24(32-19-7-18-31)14-16-29(23,4)28(25)15-17-30(26,27)5/h21-28H,6-20,31H2,1-5H3/t22-,23?,24?,25?,26-,27?,28?,29+,30-/m1/s1. The van der Waals surface area contributed by atoms with Crippen molar-refractivity contribution >= 4 is 0 Å². The third-order valence-electron chi connectivity index (χ3n) is 11.5. The van der Waals surface area contributed by atoms with E-state index in [-0.39, 0.29) is 0 Å². The number of nitrogens with two attached hydrogens (primary N) is 1. The lowest BCUT2D eigenvalue weighted by Crippen LogP contribution is -2.54. The molecule has 4 saturated carbocycles. The van der Waals surface area contributed by atoms with E-state index in [0.717, 1.165) is 61.0 Å². The predicted molar refractivity (Wildman–Crippen MR) is 136 cm³/mol. The zero-order valence-electron chi connectivity index (χ0n) is 22.2. The van der Waals surface area contributed by atoms with E-state index in [1.54, 1.807) is 0 Å². The summed E-state index contributed by atoms with van der Waals surface area (Å²) in [5.74, 6) is 6.68. The molecule has 186 valence electrons. The van der Waals surface area contributed by atoms with Crippen LogP contribution in [0.15, 0.2) is 0 Å². The second-order valence-electron chi connectivity index (χ2n) is 13.6. The third-order valence-corrected chi connectivity index (χ3v) is 11.5. The summed E-state index contributed by atoms with van der Waals surface area (Å²) in [6.45, 7) is 14.4. The van der Waals surface area contributed by atoms with Crippen molar-refractivity contribution in [3.8, 4) is 0 Å². The number of hydrogen-bond donors (Lipinski definition) is 1. The van der Waals surface area contributed by atoms with Crippen molar-refractivity contribution < 1.29 is 4.74 Å². The molecule has 0 radical (unpaired) electrons. The molecule has 0 saturated heterocycles. The number of fused-ring (bicyclic) bond motifs is 5. The third kappa shape index (κ3) is 4.71. The van der Waals surface area contributed by atoms with Crippen LogP contribution in [0.2, 0.25) is 0 Å². The minimum atomic E-state index is 0.507. The molecule has 0 aromatic heterocycles. The van der Waals surface area contributed by atoms with E-state index in [1.165, 1.54) is 77.0 Å². The zero-order valence-corrected chi connectivity index (χ0v) is 22.2. The van der Waals surface area contributed by atoms with Crippen molar-refractivity contribution in [1.29, 1.82) is 0 Å². The molecule has 4 aliphatic rings. The van der Waals surface area contributed by atoms with Crippen molar-refractivity contribution in [3.05, 3.63) is 0 Å². The largest absolute Gasteiger partial charge is 0.378 e. The molecular formula is C30H55NO. The minimum Gasteiger partial charge on any atom is -0.378 e. The summed E-state index contributed by atoms with van der Waals surface area (Å²) in [5, 5.41) is 0. The zero-order chi connectivity index (χ0) is 22.9. The first kappa shape index (κ1) is 25.0. The lowest BCUT2D eigenvalue weighted by Gasteiger charge is -2.61. The lowest BCUT2D eigenvalue weighted by atomic mass is 9.44. The molecule has 4 fully saturated rings. The van der Waals surface area contributed by atoms with E-state index < -0.39 is 0 Å². The molecule has 2 nitrogen and oxygen atoms in total. The molecular weight excluding hydrogens is 390 g/mol. The summed E-state index contributed by atoms with van der Waals surface area (Å²) in [6, 6.07) is 0. The fourth-order valence-electron chi connectivity index (χ4n) is 9.73. The van der Waals surface area contributed by atoms with Gasteiger partial charge in [0.25, 0.3) is 0 Å². The van der Waals surface area contributed by atoms with Crippen LogP contribution in [0, 0.1) is 52.3 Å². The number of rotatable bonds is 9. The van der Waals surface area contributed by atoms with Gasteiger partial charge in [0.05, 0.1) is 6.10 Å². The molecule has 5 unspecified atom stereocenters. The van der Waals surface area contributed by atoms with E-state index >= 15 is 0 Å². The van der Waals surface area contributed by atoms with Gasteiger partial charge in [0.2, 0.25) is 0 Å². The van der Waals surface area contributed by atoms with E-state index in [0.29, 0.717) is 16.9 Å². The predicted octanol–water partition coefficient (Wildman–Crippen LogP) is 7.84.